The number of nitrogens with zero attached hydrogens (tertiary/aromatic N) is 1. The zero-order valence-corrected chi connectivity index (χ0v) is 50.3. The summed E-state index contributed by atoms with van der Waals surface area (Å²) in [6.07, 6.45) is 81.0. The van der Waals surface area contributed by atoms with Crippen molar-refractivity contribution in [3.8, 4) is 0 Å². The van der Waals surface area contributed by atoms with Gasteiger partial charge in [0.05, 0.1) is 33.8 Å². The molecule has 0 spiro atoms. The smallest absolute Gasteiger partial charge is 0.456 e. The van der Waals surface area contributed by atoms with E-state index in [4.69, 9.17) is 13.8 Å². The van der Waals surface area contributed by atoms with Crippen LogP contribution >= 0.6 is 7.82 Å². The van der Waals surface area contributed by atoms with Crippen LogP contribution in [0.5, 0.6) is 0 Å². The van der Waals surface area contributed by atoms with Gasteiger partial charge < -0.3 is 19.4 Å². The number of likely N-dealkylation sites (N-methyl/N-ethyl adjacent to an activating group) is 1. The summed E-state index contributed by atoms with van der Waals surface area (Å²) in [4.78, 5) is 37.7. The second-order valence-corrected chi connectivity index (χ2v) is 22.0. The fourth-order valence-corrected chi connectivity index (χ4v) is 8.30. The highest BCUT2D eigenvalue weighted by atomic mass is 31.2. The molecule has 0 aromatic carbocycles. The van der Waals surface area contributed by atoms with Crippen molar-refractivity contribution in [1.82, 2.24) is 5.32 Å². The summed E-state index contributed by atoms with van der Waals surface area (Å²) in [6, 6.07) is -0.903. The topological polar surface area (TPSA) is 111 Å². The summed E-state index contributed by atoms with van der Waals surface area (Å²) in [5, 5.41) is 3.01. The van der Waals surface area contributed by atoms with Crippen LogP contribution in [0.25, 0.3) is 0 Å². The number of phosphoric ester groups is 1. The number of allylic oxidation sites excluding steroid dienone is 25. The minimum Gasteiger partial charge on any atom is -0.456 e. The fourth-order valence-electron chi connectivity index (χ4n) is 7.56. The van der Waals surface area contributed by atoms with E-state index < -0.39 is 20.0 Å². The Kier molecular flexibility index (Phi) is 51.8. The van der Waals surface area contributed by atoms with E-state index in [-0.39, 0.29) is 37.9 Å². The van der Waals surface area contributed by atoms with Gasteiger partial charge in [-0.1, -0.05) is 243 Å². The monoisotopic (exact) mass is 1090 g/mol. The van der Waals surface area contributed by atoms with Gasteiger partial charge in [0.2, 0.25) is 5.91 Å². The van der Waals surface area contributed by atoms with E-state index >= 15 is 0 Å². The average molecular weight is 1090 g/mol. The Balaban J connectivity index is 5.51. The van der Waals surface area contributed by atoms with Crippen LogP contribution in [-0.2, 0) is 27.9 Å². The van der Waals surface area contributed by atoms with Gasteiger partial charge in [0, 0.05) is 12.8 Å². The third-order valence-electron chi connectivity index (χ3n) is 12.1. The maximum atomic E-state index is 13.5. The normalized spacial score (nSPS) is 14.8. The predicted molar refractivity (Wildman–Crippen MR) is 332 cm³/mol. The van der Waals surface area contributed by atoms with Gasteiger partial charge in [-0.2, -0.15) is 0 Å². The molecule has 0 aromatic rings. The van der Waals surface area contributed by atoms with Gasteiger partial charge in [-0.05, 0) is 102 Å². The van der Waals surface area contributed by atoms with Crippen molar-refractivity contribution in [3.05, 3.63) is 158 Å². The second kappa shape index (κ2) is 55.0. The highest BCUT2D eigenvalue weighted by molar-refractivity contribution is 7.47. The van der Waals surface area contributed by atoms with Crippen LogP contribution in [0.1, 0.15) is 201 Å². The molecule has 0 saturated carbocycles. The molecule has 1 amide bonds. The number of phosphoric acid groups is 1. The summed E-state index contributed by atoms with van der Waals surface area (Å²) in [6.45, 7) is 6.65. The standard InChI is InChI=1S/C67H109N2O7P/c1-7-10-13-16-19-22-25-28-30-32-33-34-35-37-38-41-44-47-50-53-56-59-66(70)68-64(63-75-77(72,73)74-62-61-69(4,5)6)65(58-55-52-49-46-43-40-27-24-21-18-15-12-9-3)76-67(71)60-57-54-51-48-45-42-39-36-31-29-26-23-20-17-14-11-8-2/h10-11,13-14,17,19-20,22-23,26,28-31,33-34,36-39,42,44-45,47,55,58,64-65H,7-9,12,15-16,18,21,24-25,27,32,35,40-41,43,46,48-54,56-57,59-63H2,1-6H3,(H-,68,70,72,73)/p+1/b13-10-,14-11-,20-17+,22-19-,26-23+,30-28-,31-29-,34-33-,38-37-,39-36+,45-42+,47-44-,58-55-. The minimum atomic E-state index is -4.48. The molecule has 0 bridgehead atoms. The molecule has 77 heavy (non-hydrogen) atoms. The number of rotatable bonds is 51. The molecule has 0 aliphatic rings. The van der Waals surface area contributed by atoms with Crippen LogP contribution in [0, 0.1) is 0 Å². The van der Waals surface area contributed by atoms with Gasteiger partial charge in [-0.25, -0.2) is 4.57 Å². The van der Waals surface area contributed by atoms with E-state index in [9.17, 15) is 19.0 Å². The Bertz CT molecular complexity index is 1870. The molecule has 10 heteroatoms. The number of quaternary nitrogens is 1. The van der Waals surface area contributed by atoms with Crippen molar-refractivity contribution in [3.63, 3.8) is 0 Å². The Morgan fingerprint density at radius 1 is 0.481 bits per heavy atom. The van der Waals surface area contributed by atoms with Gasteiger partial charge in [0.25, 0.3) is 0 Å². The third kappa shape index (κ3) is 56.2. The molecule has 3 unspecified atom stereocenters. The van der Waals surface area contributed by atoms with E-state index in [0.29, 0.717) is 23.9 Å². The molecule has 0 heterocycles. The summed E-state index contributed by atoms with van der Waals surface area (Å²) in [5.74, 6) is -0.623. The van der Waals surface area contributed by atoms with Gasteiger partial charge in [-0.3, -0.25) is 18.6 Å². The van der Waals surface area contributed by atoms with Gasteiger partial charge >= 0.3 is 13.8 Å². The summed E-state index contributed by atoms with van der Waals surface area (Å²) in [7, 11) is 1.41. The Labute approximate surface area is 471 Å². The maximum Gasteiger partial charge on any atom is 0.472 e. The molecule has 2 N–H and O–H groups in total. The molecule has 434 valence electrons. The summed E-state index contributed by atoms with van der Waals surface area (Å²) >= 11 is 0. The van der Waals surface area contributed by atoms with Crippen LogP contribution in [-0.4, -0.2) is 74.3 Å². The molecule has 3 atom stereocenters. The Hall–Kier alpha value is -4.37. The van der Waals surface area contributed by atoms with Crippen molar-refractivity contribution in [2.75, 3.05) is 40.9 Å². The molecule has 0 aromatic heterocycles. The molecule has 0 saturated heterocycles. The number of hydrogen-bond acceptors (Lipinski definition) is 6. The second-order valence-electron chi connectivity index (χ2n) is 20.6. The lowest BCUT2D eigenvalue weighted by Gasteiger charge is -2.27. The number of unbranched alkanes of at least 4 members (excludes halogenated alkanes) is 16. The van der Waals surface area contributed by atoms with Gasteiger partial charge in [0.1, 0.15) is 19.3 Å². The number of ether oxygens (including phenoxy) is 1. The Morgan fingerprint density at radius 2 is 0.896 bits per heavy atom. The van der Waals surface area contributed by atoms with Gasteiger partial charge in [0.15, 0.2) is 0 Å². The van der Waals surface area contributed by atoms with Crippen LogP contribution in [0.2, 0.25) is 0 Å². The SMILES string of the molecule is CC\C=C/C=C/C=C/C=C\C=C\C=C\CCCCCC(=O)OC(/C=C\CCCCCCCCCCCCC)C(COP(=O)(O)OCC[N+](C)(C)C)NC(=O)CCCC/C=C\C/C=C\C/C=C\C/C=C\C/C=C\C/C=C\CC. The molecule has 9 nitrogen and oxygen atoms in total. The highest BCUT2D eigenvalue weighted by Gasteiger charge is 2.30. The third-order valence-corrected chi connectivity index (χ3v) is 13.1. The number of nitrogens with one attached hydrogen (secondary N) is 1. The highest BCUT2D eigenvalue weighted by Crippen LogP contribution is 2.43. The van der Waals surface area contributed by atoms with Crippen LogP contribution < -0.4 is 5.32 Å². The first-order chi connectivity index (χ1) is 37.4. The van der Waals surface area contributed by atoms with Crippen LogP contribution in [0.3, 0.4) is 0 Å². The van der Waals surface area contributed by atoms with Crippen molar-refractivity contribution in [1.29, 1.82) is 0 Å². The minimum absolute atomic E-state index is 0.0139. The largest absolute Gasteiger partial charge is 0.472 e. The van der Waals surface area contributed by atoms with E-state index in [1.54, 1.807) is 0 Å². The quantitative estimate of drug-likeness (QED) is 0.0156. The first-order valence-corrected chi connectivity index (χ1v) is 31.4. The molecule has 0 aliphatic heterocycles. The number of carbonyl (C=O) groups is 2. The lowest BCUT2D eigenvalue weighted by atomic mass is 10.0. The lowest BCUT2D eigenvalue weighted by Crippen LogP contribution is -2.47. The molecule has 0 radical (unpaired) electrons. The van der Waals surface area contributed by atoms with Crippen molar-refractivity contribution in [2.24, 2.45) is 0 Å². The summed E-state index contributed by atoms with van der Waals surface area (Å²) in [5.41, 5.74) is 0. The molecule has 0 fully saturated rings. The van der Waals surface area contributed by atoms with Crippen molar-refractivity contribution in [2.45, 2.75) is 213 Å². The molecular formula is C67H110N2O7P+. The average Bonchev–Trinajstić information content (AvgIpc) is 3.39. The molecule has 0 rings (SSSR count). The molecule has 0 aliphatic carbocycles. The summed E-state index contributed by atoms with van der Waals surface area (Å²) < 4.78 is 30.6. The van der Waals surface area contributed by atoms with E-state index in [0.717, 1.165) is 96.3 Å². The van der Waals surface area contributed by atoms with Crippen LogP contribution in [0.15, 0.2) is 158 Å². The van der Waals surface area contributed by atoms with Crippen molar-refractivity contribution < 1.29 is 37.3 Å². The number of amides is 1. The number of carbonyl (C=O) groups excluding carboxylic acids is 2. The van der Waals surface area contributed by atoms with Crippen LogP contribution in [0.4, 0.5) is 0 Å². The fraction of sp³-hybridized carbons (Fsp3) is 0.582. The Morgan fingerprint density at radius 3 is 1.42 bits per heavy atom. The van der Waals surface area contributed by atoms with Gasteiger partial charge in [-0.15, -0.1) is 0 Å². The number of hydrogen-bond donors (Lipinski definition) is 2. The van der Waals surface area contributed by atoms with Crippen molar-refractivity contribution >= 4 is 19.7 Å². The molecular weight excluding hydrogens is 976 g/mol. The van der Waals surface area contributed by atoms with E-state index in [1.807, 2.05) is 94.1 Å². The maximum absolute atomic E-state index is 13.5. The zero-order valence-electron chi connectivity index (χ0n) is 49.4. The first kappa shape index (κ1) is 72.6. The van der Waals surface area contributed by atoms with E-state index in [1.165, 1.54) is 57.8 Å². The number of esters is 1. The zero-order chi connectivity index (χ0) is 56.4. The lowest BCUT2D eigenvalue weighted by molar-refractivity contribution is -0.870. The first-order valence-electron chi connectivity index (χ1n) is 29.9. The predicted octanol–water partition coefficient (Wildman–Crippen LogP) is 18.4. The van der Waals surface area contributed by atoms with E-state index in [2.05, 4.69) is 111 Å².